The second kappa shape index (κ2) is 13.1. The molecule has 0 fully saturated rings. The normalized spacial score (nSPS) is 11.4. The number of thioether (sulfide) groups is 2. The molecule has 0 aliphatic rings. The highest BCUT2D eigenvalue weighted by Gasteiger charge is 2.14. The van der Waals surface area contributed by atoms with Crippen LogP contribution >= 0.6 is 81.5 Å². The zero-order valence-electron chi connectivity index (χ0n) is 18.2. The first-order valence-corrected chi connectivity index (χ1v) is 17.0. The van der Waals surface area contributed by atoms with Crippen LogP contribution in [0.2, 0.25) is 0 Å². The quantitative estimate of drug-likeness (QED) is 0.0995. The Kier molecular flexibility index (Phi) is 10.2. The molecule has 0 N–H and O–H groups in total. The van der Waals surface area contributed by atoms with Crippen molar-refractivity contribution in [3.05, 3.63) is 47.2 Å². The highest BCUT2D eigenvalue weighted by molar-refractivity contribution is 7.99. The monoisotopic (exact) mass is 552 g/mol. The Morgan fingerprint density at radius 3 is 1.66 bits per heavy atom. The molecule has 0 saturated heterocycles. The molecule has 0 aliphatic heterocycles. The van der Waals surface area contributed by atoms with Crippen molar-refractivity contribution in [2.24, 2.45) is 0 Å². The summed E-state index contributed by atoms with van der Waals surface area (Å²) in [5.41, 5.74) is 0. The number of unbranched alkanes of at least 4 members (excludes halogenated alkanes) is 3. The van der Waals surface area contributed by atoms with Gasteiger partial charge in [0.2, 0.25) is 0 Å². The summed E-state index contributed by atoms with van der Waals surface area (Å²) < 4.78 is 0. The molecule has 0 amide bonds. The Balaban J connectivity index is 1.45. The van der Waals surface area contributed by atoms with E-state index >= 15 is 0 Å². The predicted octanol–water partition coefficient (Wildman–Crippen LogP) is 11.0. The second-order valence-corrected chi connectivity index (χ2v) is 14.1. The van der Waals surface area contributed by atoms with Crippen molar-refractivity contribution >= 4 is 81.5 Å². The van der Waals surface area contributed by atoms with Crippen LogP contribution in [0.5, 0.6) is 0 Å². The number of thiophene rings is 4. The molecule has 0 aliphatic carbocycles. The van der Waals surface area contributed by atoms with Crippen molar-refractivity contribution in [1.82, 2.24) is 0 Å². The van der Waals surface area contributed by atoms with E-state index in [1.54, 1.807) is 0 Å². The second-order valence-electron chi connectivity index (χ2n) is 7.39. The van der Waals surface area contributed by atoms with Gasteiger partial charge in [0.1, 0.15) is 0 Å². The van der Waals surface area contributed by atoms with E-state index in [1.165, 1.54) is 82.7 Å². The highest BCUT2D eigenvalue weighted by Crippen LogP contribution is 2.46. The van der Waals surface area contributed by atoms with Crippen LogP contribution in [-0.2, 0) is 0 Å². The number of rotatable bonds is 13. The summed E-state index contributed by atoms with van der Waals surface area (Å²) in [6.07, 6.45) is 6.36. The van der Waals surface area contributed by atoms with Crippen molar-refractivity contribution in [1.29, 1.82) is 0 Å². The molecule has 4 aromatic rings. The molecule has 170 valence electrons. The molecule has 4 heterocycles. The SMILES string of the molecule is CCCCCSc1ccsc1-c1ccc(-c2ccc(-c3sccc3SCCCCS)s2)s1. The lowest BCUT2D eigenvalue weighted by Gasteiger charge is -2.02. The van der Waals surface area contributed by atoms with E-state index in [-0.39, 0.29) is 0 Å². The molecule has 0 unspecified atom stereocenters. The van der Waals surface area contributed by atoms with E-state index in [0.29, 0.717) is 0 Å². The van der Waals surface area contributed by atoms with Crippen molar-refractivity contribution in [2.45, 2.75) is 48.8 Å². The summed E-state index contributed by atoms with van der Waals surface area (Å²) in [6.45, 7) is 2.27. The van der Waals surface area contributed by atoms with Gasteiger partial charge in [-0.2, -0.15) is 12.6 Å². The Labute approximate surface area is 222 Å². The van der Waals surface area contributed by atoms with E-state index in [2.05, 4.69) is 66.7 Å². The average Bonchev–Trinajstić information content (AvgIpc) is 3.60. The summed E-state index contributed by atoms with van der Waals surface area (Å²) in [5, 5.41) is 4.47. The summed E-state index contributed by atoms with van der Waals surface area (Å²) >= 11 is 16.0. The summed E-state index contributed by atoms with van der Waals surface area (Å²) in [5.74, 6) is 3.38. The van der Waals surface area contributed by atoms with Crippen molar-refractivity contribution in [3.8, 4) is 29.3 Å². The van der Waals surface area contributed by atoms with Gasteiger partial charge in [-0.15, -0.1) is 68.9 Å². The minimum Gasteiger partial charge on any atom is -0.179 e. The van der Waals surface area contributed by atoms with Crippen LogP contribution in [0.3, 0.4) is 0 Å². The average molecular weight is 553 g/mol. The third-order valence-electron chi connectivity index (χ3n) is 4.98. The molecular weight excluding hydrogens is 525 g/mol. The fourth-order valence-electron chi connectivity index (χ4n) is 3.30. The maximum absolute atomic E-state index is 4.33. The third kappa shape index (κ3) is 6.49. The molecule has 0 nitrogen and oxygen atoms in total. The predicted molar refractivity (Wildman–Crippen MR) is 158 cm³/mol. The van der Waals surface area contributed by atoms with E-state index < -0.39 is 0 Å². The van der Waals surface area contributed by atoms with Crippen LogP contribution in [0.4, 0.5) is 0 Å². The van der Waals surface area contributed by atoms with E-state index in [9.17, 15) is 0 Å². The van der Waals surface area contributed by atoms with E-state index in [0.717, 1.165) is 5.75 Å². The molecule has 7 heteroatoms. The van der Waals surface area contributed by atoms with Crippen LogP contribution in [0, 0.1) is 0 Å². The van der Waals surface area contributed by atoms with E-state index in [1.807, 2.05) is 68.9 Å². The first kappa shape index (κ1) is 25.0. The fraction of sp³-hybridized carbons (Fsp3) is 0.360. The maximum atomic E-state index is 4.33. The van der Waals surface area contributed by atoms with Crippen LogP contribution in [-0.4, -0.2) is 17.3 Å². The molecule has 0 bridgehead atoms. The number of hydrogen-bond acceptors (Lipinski definition) is 7. The topological polar surface area (TPSA) is 0 Å². The zero-order valence-corrected chi connectivity index (χ0v) is 24.0. The lowest BCUT2D eigenvalue weighted by atomic mass is 10.3. The lowest BCUT2D eigenvalue weighted by molar-refractivity contribution is 0.778. The Hall–Kier alpha value is -0.150. The standard InChI is InChI=1S/C25H28S7/c1-2-3-5-14-27-20-11-16-29-24(20)22-9-7-18(31-22)19-8-10-23(32-19)25-21(12-17-30-25)28-15-6-4-13-26/h7-12,16-17,26H,2-6,13-15H2,1H3. The van der Waals surface area contributed by atoms with Crippen molar-refractivity contribution in [2.75, 3.05) is 17.3 Å². The molecule has 4 aromatic heterocycles. The van der Waals surface area contributed by atoms with Crippen LogP contribution in [0.1, 0.15) is 39.0 Å². The van der Waals surface area contributed by atoms with Gasteiger partial charge >= 0.3 is 0 Å². The van der Waals surface area contributed by atoms with Crippen LogP contribution in [0.25, 0.3) is 29.3 Å². The first-order chi connectivity index (χ1) is 15.8. The molecule has 4 rings (SSSR count). The summed E-state index contributed by atoms with van der Waals surface area (Å²) in [4.78, 5) is 11.3. The van der Waals surface area contributed by atoms with Gasteiger partial charge in [-0.05, 0) is 83.7 Å². The van der Waals surface area contributed by atoms with Gasteiger partial charge in [-0.25, -0.2) is 0 Å². The van der Waals surface area contributed by atoms with Gasteiger partial charge in [-0.3, -0.25) is 0 Å². The summed E-state index contributed by atoms with van der Waals surface area (Å²) in [7, 11) is 0. The largest absolute Gasteiger partial charge is 0.179 e. The van der Waals surface area contributed by atoms with Crippen LogP contribution in [0.15, 0.2) is 56.9 Å². The van der Waals surface area contributed by atoms with Crippen molar-refractivity contribution in [3.63, 3.8) is 0 Å². The van der Waals surface area contributed by atoms with E-state index in [4.69, 9.17) is 0 Å². The van der Waals surface area contributed by atoms with Gasteiger partial charge in [0, 0.05) is 29.3 Å². The number of hydrogen-bond donors (Lipinski definition) is 1. The molecule has 0 saturated carbocycles. The van der Waals surface area contributed by atoms with Crippen molar-refractivity contribution < 1.29 is 0 Å². The molecule has 0 aromatic carbocycles. The van der Waals surface area contributed by atoms with Crippen LogP contribution < -0.4 is 0 Å². The molecular formula is C25H28S7. The minimum absolute atomic E-state index is 0.985. The summed E-state index contributed by atoms with van der Waals surface area (Å²) in [6, 6.07) is 13.8. The third-order valence-corrected chi connectivity index (χ3v) is 12.4. The minimum atomic E-state index is 0.985. The molecule has 0 atom stereocenters. The Bertz CT molecular complexity index is 995. The zero-order chi connectivity index (χ0) is 22.2. The number of thiol groups is 1. The van der Waals surface area contributed by atoms with Gasteiger partial charge in [-0.1, -0.05) is 19.8 Å². The Morgan fingerprint density at radius 2 is 1.16 bits per heavy atom. The van der Waals surface area contributed by atoms with Gasteiger partial charge in [0.25, 0.3) is 0 Å². The van der Waals surface area contributed by atoms with Gasteiger partial charge < -0.3 is 0 Å². The van der Waals surface area contributed by atoms with Gasteiger partial charge in [0.05, 0.1) is 9.75 Å². The maximum Gasteiger partial charge on any atom is 0.0578 e. The highest BCUT2D eigenvalue weighted by atomic mass is 32.2. The molecule has 0 spiro atoms. The lowest BCUT2D eigenvalue weighted by Crippen LogP contribution is -1.81. The fourth-order valence-corrected chi connectivity index (χ4v) is 10.4. The smallest absolute Gasteiger partial charge is 0.0578 e. The molecule has 32 heavy (non-hydrogen) atoms. The Morgan fingerprint density at radius 1 is 0.656 bits per heavy atom. The molecule has 0 radical (unpaired) electrons. The first-order valence-electron chi connectivity index (χ1n) is 11.0. The van der Waals surface area contributed by atoms with Gasteiger partial charge in [0.15, 0.2) is 0 Å².